The van der Waals surface area contributed by atoms with E-state index in [2.05, 4.69) is 36.2 Å². The van der Waals surface area contributed by atoms with Gasteiger partial charge in [-0.15, -0.1) is 0 Å². The molecule has 2 rings (SSSR count). The molecule has 2 aromatic heterocycles. The number of hydrogen-bond donors (Lipinski definition) is 1. The molecule has 0 aliphatic heterocycles. The second-order valence-corrected chi connectivity index (χ2v) is 5.13. The lowest BCUT2D eigenvalue weighted by atomic mass is 10.1. The molecule has 0 saturated heterocycles. The lowest BCUT2D eigenvalue weighted by Gasteiger charge is -2.19. The molecule has 0 spiro atoms. The second kappa shape index (κ2) is 4.33. The van der Waals surface area contributed by atoms with E-state index in [0.29, 0.717) is 12.6 Å². The first-order chi connectivity index (χ1) is 7.94. The Balaban J connectivity index is 2.06. The molecule has 1 N–H and O–H groups in total. The summed E-state index contributed by atoms with van der Waals surface area (Å²) in [6.07, 6.45) is 3.49. The lowest BCUT2D eigenvalue weighted by molar-refractivity contribution is 0.420. The minimum Gasteiger partial charge on any atom is -0.430 e. The highest BCUT2D eigenvalue weighted by Crippen LogP contribution is 2.09. The smallest absolute Gasteiger partial charge is 0.322 e. The number of nitrogens with one attached hydrogen (secondary N) is 1. The SMILES string of the molecule is Cc1ccn(-c2nc(CNC(C)(C)C)co2)n1. The fourth-order valence-electron chi connectivity index (χ4n) is 1.36. The molecule has 2 heterocycles. The van der Waals surface area contributed by atoms with Gasteiger partial charge in [0.2, 0.25) is 0 Å². The van der Waals surface area contributed by atoms with Crippen molar-refractivity contribution in [2.75, 3.05) is 0 Å². The largest absolute Gasteiger partial charge is 0.430 e. The standard InChI is InChI=1S/C12H18N4O/c1-9-5-6-16(15-9)11-14-10(8-17-11)7-13-12(2,3)4/h5-6,8,13H,7H2,1-4H3. The van der Waals surface area contributed by atoms with Crippen molar-refractivity contribution >= 4 is 0 Å². The van der Waals surface area contributed by atoms with Crippen LogP contribution in [-0.4, -0.2) is 20.3 Å². The average molecular weight is 234 g/mol. The Morgan fingerprint density at radius 3 is 2.76 bits per heavy atom. The van der Waals surface area contributed by atoms with Crippen molar-refractivity contribution in [3.05, 3.63) is 29.9 Å². The Bertz CT molecular complexity index is 493. The number of aromatic nitrogens is 3. The van der Waals surface area contributed by atoms with Crippen LogP contribution in [0.2, 0.25) is 0 Å². The van der Waals surface area contributed by atoms with Crippen LogP contribution < -0.4 is 5.32 Å². The molecule has 0 saturated carbocycles. The average Bonchev–Trinajstić information content (AvgIpc) is 2.81. The molecule has 0 unspecified atom stereocenters. The number of oxazole rings is 1. The number of rotatable bonds is 3. The summed E-state index contributed by atoms with van der Waals surface area (Å²) in [5.74, 6) is 0. The third-order valence-electron chi connectivity index (χ3n) is 2.26. The van der Waals surface area contributed by atoms with Crippen molar-refractivity contribution in [3.63, 3.8) is 0 Å². The molecule has 5 heteroatoms. The first-order valence-electron chi connectivity index (χ1n) is 5.66. The molecule has 5 nitrogen and oxygen atoms in total. The van der Waals surface area contributed by atoms with E-state index < -0.39 is 0 Å². The number of hydrogen-bond acceptors (Lipinski definition) is 4. The summed E-state index contributed by atoms with van der Waals surface area (Å²) in [5.41, 5.74) is 1.89. The summed E-state index contributed by atoms with van der Waals surface area (Å²) in [5, 5.41) is 7.60. The van der Waals surface area contributed by atoms with Crippen LogP contribution in [0.15, 0.2) is 22.9 Å². The summed E-state index contributed by atoms with van der Waals surface area (Å²) in [6, 6.07) is 2.42. The van der Waals surface area contributed by atoms with Crippen LogP contribution >= 0.6 is 0 Å². The summed E-state index contributed by atoms with van der Waals surface area (Å²) >= 11 is 0. The van der Waals surface area contributed by atoms with Crippen LogP contribution in [0, 0.1) is 6.92 Å². The highest BCUT2D eigenvalue weighted by molar-refractivity contribution is 5.11. The van der Waals surface area contributed by atoms with Gasteiger partial charge < -0.3 is 9.73 Å². The number of nitrogens with zero attached hydrogens (tertiary/aromatic N) is 3. The Morgan fingerprint density at radius 2 is 2.18 bits per heavy atom. The molecular weight excluding hydrogens is 216 g/mol. The molecule has 0 fully saturated rings. The van der Waals surface area contributed by atoms with Gasteiger partial charge in [0.15, 0.2) is 0 Å². The van der Waals surface area contributed by atoms with Crippen LogP contribution in [0.4, 0.5) is 0 Å². The minimum atomic E-state index is 0.0708. The number of aryl methyl sites for hydroxylation is 1. The second-order valence-electron chi connectivity index (χ2n) is 5.13. The zero-order chi connectivity index (χ0) is 12.5. The fraction of sp³-hybridized carbons (Fsp3) is 0.500. The van der Waals surface area contributed by atoms with Gasteiger partial charge in [-0.25, -0.2) is 0 Å². The fourth-order valence-corrected chi connectivity index (χ4v) is 1.36. The third-order valence-corrected chi connectivity index (χ3v) is 2.26. The Labute approximate surface area is 101 Å². The van der Waals surface area contributed by atoms with E-state index >= 15 is 0 Å². The first-order valence-corrected chi connectivity index (χ1v) is 5.66. The zero-order valence-electron chi connectivity index (χ0n) is 10.7. The van der Waals surface area contributed by atoms with E-state index in [1.54, 1.807) is 10.9 Å². The van der Waals surface area contributed by atoms with Crippen molar-refractivity contribution in [1.29, 1.82) is 0 Å². The molecular formula is C12H18N4O. The van der Waals surface area contributed by atoms with Gasteiger partial charge in [-0.2, -0.15) is 14.8 Å². The highest BCUT2D eigenvalue weighted by atomic mass is 16.4. The predicted molar refractivity (Wildman–Crippen MR) is 65.0 cm³/mol. The van der Waals surface area contributed by atoms with Gasteiger partial charge in [0.25, 0.3) is 0 Å². The molecule has 0 aliphatic carbocycles. The van der Waals surface area contributed by atoms with Crippen molar-refractivity contribution < 1.29 is 4.42 Å². The molecule has 0 aromatic carbocycles. The molecule has 0 radical (unpaired) electrons. The van der Waals surface area contributed by atoms with Gasteiger partial charge in [-0.3, -0.25) is 0 Å². The molecule has 0 atom stereocenters. The Kier molecular flexibility index (Phi) is 3.02. The van der Waals surface area contributed by atoms with Gasteiger partial charge in [-0.05, 0) is 33.8 Å². The maximum Gasteiger partial charge on any atom is 0.322 e. The molecule has 2 aromatic rings. The topological polar surface area (TPSA) is 55.9 Å². The van der Waals surface area contributed by atoms with Crippen LogP contribution in [0.5, 0.6) is 0 Å². The normalized spacial score (nSPS) is 12.0. The van der Waals surface area contributed by atoms with Crippen LogP contribution in [0.1, 0.15) is 32.2 Å². The van der Waals surface area contributed by atoms with E-state index in [9.17, 15) is 0 Å². The molecule has 92 valence electrons. The van der Waals surface area contributed by atoms with Gasteiger partial charge in [0, 0.05) is 18.3 Å². The van der Waals surface area contributed by atoms with Gasteiger partial charge >= 0.3 is 6.01 Å². The van der Waals surface area contributed by atoms with E-state index in [1.165, 1.54) is 0 Å². The van der Waals surface area contributed by atoms with E-state index in [-0.39, 0.29) is 5.54 Å². The quantitative estimate of drug-likeness (QED) is 0.883. The van der Waals surface area contributed by atoms with Gasteiger partial charge in [0.1, 0.15) is 6.26 Å². The monoisotopic (exact) mass is 234 g/mol. The first kappa shape index (κ1) is 11.9. The molecule has 0 bridgehead atoms. The lowest BCUT2D eigenvalue weighted by Crippen LogP contribution is -2.35. The molecule has 17 heavy (non-hydrogen) atoms. The van der Waals surface area contributed by atoms with Gasteiger partial charge in [0.05, 0.1) is 11.4 Å². The van der Waals surface area contributed by atoms with Crippen LogP contribution in [-0.2, 0) is 6.54 Å². The highest BCUT2D eigenvalue weighted by Gasteiger charge is 2.11. The van der Waals surface area contributed by atoms with Gasteiger partial charge in [-0.1, -0.05) is 0 Å². The van der Waals surface area contributed by atoms with Crippen molar-refractivity contribution in [3.8, 4) is 6.01 Å². The van der Waals surface area contributed by atoms with Crippen molar-refractivity contribution in [1.82, 2.24) is 20.1 Å². The summed E-state index contributed by atoms with van der Waals surface area (Å²) < 4.78 is 7.01. The Morgan fingerprint density at radius 1 is 1.41 bits per heavy atom. The summed E-state index contributed by atoms with van der Waals surface area (Å²) in [6.45, 7) is 8.97. The molecule has 0 amide bonds. The van der Waals surface area contributed by atoms with Crippen LogP contribution in [0.3, 0.4) is 0 Å². The van der Waals surface area contributed by atoms with E-state index in [0.717, 1.165) is 11.4 Å². The maximum atomic E-state index is 5.38. The van der Waals surface area contributed by atoms with Crippen molar-refractivity contribution in [2.45, 2.75) is 39.8 Å². The maximum absolute atomic E-state index is 5.38. The van der Waals surface area contributed by atoms with E-state index in [4.69, 9.17) is 4.42 Å². The minimum absolute atomic E-state index is 0.0708. The van der Waals surface area contributed by atoms with E-state index in [1.807, 2.05) is 19.2 Å². The predicted octanol–water partition coefficient (Wildman–Crippen LogP) is 2.06. The third kappa shape index (κ3) is 3.17. The van der Waals surface area contributed by atoms with Crippen LogP contribution in [0.25, 0.3) is 6.01 Å². The summed E-state index contributed by atoms with van der Waals surface area (Å²) in [7, 11) is 0. The summed E-state index contributed by atoms with van der Waals surface area (Å²) in [4.78, 5) is 4.37. The Hall–Kier alpha value is -1.62. The van der Waals surface area contributed by atoms with Crippen molar-refractivity contribution in [2.24, 2.45) is 0 Å². The zero-order valence-corrected chi connectivity index (χ0v) is 10.7. The molecule has 0 aliphatic rings.